The first-order chi connectivity index (χ1) is 6.56. The number of carbonyl (C=O) groups excluding carboxylic acids is 1. The van der Waals surface area contributed by atoms with Crippen LogP contribution in [0.5, 0.6) is 0 Å². The highest BCUT2D eigenvalue weighted by molar-refractivity contribution is 5.75. The molecule has 4 nitrogen and oxygen atoms in total. The van der Waals surface area contributed by atoms with Crippen molar-refractivity contribution in [2.45, 2.75) is 40.0 Å². The normalized spacial score (nSPS) is 14.2. The van der Waals surface area contributed by atoms with Crippen LogP contribution in [-0.4, -0.2) is 12.3 Å². The second-order valence-electron chi connectivity index (χ2n) is 4.10. The summed E-state index contributed by atoms with van der Waals surface area (Å²) in [4.78, 5) is 13.5. The van der Waals surface area contributed by atoms with Crippen molar-refractivity contribution < 1.29 is 4.79 Å². The second kappa shape index (κ2) is 7.39. The molecule has 0 aliphatic heterocycles. The Bertz CT molecular complexity index is 221. The predicted molar refractivity (Wildman–Crippen MR) is 56.9 cm³/mol. The molecule has 0 spiro atoms. The molecule has 0 saturated heterocycles. The Hall–Kier alpha value is -1.02. The Kier molecular flexibility index (Phi) is 6.85. The lowest BCUT2D eigenvalue weighted by Gasteiger charge is -2.14. The molecule has 0 aromatic heterocycles. The van der Waals surface area contributed by atoms with E-state index in [-0.39, 0.29) is 5.78 Å². The van der Waals surface area contributed by atoms with Crippen molar-refractivity contribution in [1.29, 1.82) is 0 Å². The van der Waals surface area contributed by atoms with E-state index in [1.54, 1.807) is 6.92 Å². The van der Waals surface area contributed by atoms with E-state index in [0.717, 1.165) is 12.8 Å². The summed E-state index contributed by atoms with van der Waals surface area (Å²) in [6, 6.07) is 0. The van der Waals surface area contributed by atoms with Crippen LogP contribution < -0.4 is 0 Å². The number of nitrogens with zero attached hydrogens (tertiary/aromatic N) is 3. The first-order valence-electron chi connectivity index (χ1n) is 5.06. The van der Waals surface area contributed by atoms with Gasteiger partial charge in [-0.15, -0.1) is 0 Å². The van der Waals surface area contributed by atoms with E-state index in [2.05, 4.69) is 23.9 Å². The van der Waals surface area contributed by atoms with E-state index in [0.29, 0.717) is 24.8 Å². The Morgan fingerprint density at radius 2 is 2.07 bits per heavy atom. The van der Waals surface area contributed by atoms with Crippen molar-refractivity contribution >= 4 is 5.78 Å². The van der Waals surface area contributed by atoms with Crippen LogP contribution in [-0.2, 0) is 4.79 Å². The monoisotopic (exact) mass is 197 g/mol. The molecule has 0 radical (unpaired) electrons. The van der Waals surface area contributed by atoms with E-state index < -0.39 is 0 Å². The standard InChI is InChI=1S/C10H19N3O/c1-8(4-5-12-13-11)6-9(2)7-10(3)14/h8-9H,4-7H2,1-3H3/t8-,9-/m1/s1. The van der Waals surface area contributed by atoms with Crippen LogP contribution in [0.2, 0.25) is 0 Å². The topological polar surface area (TPSA) is 65.8 Å². The number of rotatable bonds is 7. The van der Waals surface area contributed by atoms with Gasteiger partial charge in [0.2, 0.25) is 0 Å². The summed E-state index contributed by atoms with van der Waals surface area (Å²) in [6.45, 7) is 6.40. The van der Waals surface area contributed by atoms with E-state index >= 15 is 0 Å². The third-order valence-electron chi connectivity index (χ3n) is 2.23. The minimum Gasteiger partial charge on any atom is -0.300 e. The van der Waals surface area contributed by atoms with Crippen LogP contribution in [0.15, 0.2) is 5.11 Å². The third-order valence-corrected chi connectivity index (χ3v) is 2.23. The average molecular weight is 197 g/mol. The molecule has 0 N–H and O–H groups in total. The summed E-state index contributed by atoms with van der Waals surface area (Å²) in [6.07, 6.45) is 2.60. The SMILES string of the molecule is CC(=O)C[C@H](C)C[C@H](C)CCN=[N+]=[N-]. The van der Waals surface area contributed by atoms with Crippen LogP contribution in [0.3, 0.4) is 0 Å². The maximum atomic E-state index is 10.8. The number of hydrogen-bond acceptors (Lipinski definition) is 2. The Labute approximate surface area is 85.3 Å². The van der Waals surface area contributed by atoms with Gasteiger partial charge in [0.1, 0.15) is 5.78 Å². The zero-order chi connectivity index (χ0) is 11.0. The maximum absolute atomic E-state index is 10.8. The quantitative estimate of drug-likeness (QED) is 0.350. The first-order valence-corrected chi connectivity index (χ1v) is 5.06. The zero-order valence-corrected chi connectivity index (χ0v) is 9.23. The highest BCUT2D eigenvalue weighted by Gasteiger charge is 2.09. The predicted octanol–water partition coefficient (Wildman–Crippen LogP) is 3.33. The van der Waals surface area contributed by atoms with Crippen LogP contribution in [0.25, 0.3) is 10.4 Å². The maximum Gasteiger partial charge on any atom is 0.130 e. The number of azide groups is 1. The fourth-order valence-corrected chi connectivity index (χ4v) is 1.70. The van der Waals surface area contributed by atoms with E-state index in [1.165, 1.54) is 0 Å². The molecular weight excluding hydrogens is 178 g/mol. The van der Waals surface area contributed by atoms with Crippen LogP contribution in [0.1, 0.15) is 40.0 Å². The summed E-state index contributed by atoms with van der Waals surface area (Å²) in [5, 5.41) is 3.49. The molecule has 0 unspecified atom stereocenters. The molecule has 0 bridgehead atoms. The molecule has 0 saturated carbocycles. The number of ketones is 1. The van der Waals surface area contributed by atoms with Crippen molar-refractivity contribution in [2.24, 2.45) is 17.0 Å². The minimum atomic E-state index is 0.250. The molecule has 0 aliphatic rings. The lowest BCUT2D eigenvalue weighted by Crippen LogP contribution is -2.07. The van der Waals surface area contributed by atoms with E-state index in [9.17, 15) is 4.79 Å². The molecule has 4 heteroatoms. The van der Waals surface area contributed by atoms with Gasteiger partial charge in [-0.1, -0.05) is 19.0 Å². The summed E-state index contributed by atoms with van der Waals surface area (Å²) in [7, 11) is 0. The minimum absolute atomic E-state index is 0.250. The molecule has 0 heterocycles. The van der Waals surface area contributed by atoms with Gasteiger partial charge in [0.25, 0.3) is 0 Å². The first kappa shape index (κ1) is 13.0. The molecular formula is C10H19N3O. The lowest BCUT2D eigenvalue weighted by atomic mass is 9.91. The lowest BCUT2D eigenvalue weighted by molar-refractivity contribution is -0.117. The Morgan fingerprint density at radius 3 is 2.57 bits per heavy atom. The molecule has 0 aromatic carbocycles. The number of Topliss-reactive ketones (excluding diaryl/α,β-unsaturated/α-hetero) is 1. The van der Waals surface area contributed by atoms with Crippen molar-refractivity contribution in [3.05, 3.63) is 10.4 Å². The van der Waals surface area contributed by atoms with Gasteiger partial charge in [0.15, 0.2) is 0 Å². The van der Waals surface area contributed by atoms with Gasteiger partial charge < -0.3 is 4.79 Å². The van der Waals surface area contributed by atoms with Gasteiger partial charge in [-0.25, -0.2) is 0 Å². The van der Waals surface area contributed by atoms with Crippen molar-refractivity contribution in [1.82, 2.24) is 0 Å². The molecule has 0 rings (SSSR count). The molecule has 80 valence electrons. The third kappa shape index (κ3) is 7.62. The molecule has 14 heavy (non-hydrogen) atoms. The average Bonchev–Trinajstić information content (AvgIpc) is 2.02. The van der Waals surface area contributed by atoms with Gasteiger partial charge in [-0.2, -0.15) is 0 Å². The number of carbonyl (C=O) groups is 1. The summed E-state index contributed by atoms with van der Waals surface area (Å²) in [5.41, 5.74) is 8.09. The van der Waals surface area contributed by atoms with E-state index in [4.69, 9.17) is 5.53 Å². The van der Waals surface area contributed by atoms with Gasteiger partial charge in [0.05, 0.1) is 0 Å². The molecule has 0 amide bonds. The Morgan fingerprint density at radius 1 is 1.43 bits per heavy atom. The molecule has 2 atom stereocenters. The van der Waals surface area contributed by atoms with Gasteiger partial charge in [-0.05, 0) is 37.1 Å². The Balaban J connectivity index is 3.64. The van der Waals surface area contributed by atoms with E-state index in [1.807, 2.05) is 0 Å². The van der Waals surface area contributed by atoms with Gasteiger partial charge >= 0.3 is 0 Å². The summed E-state index contributed by atoms with van der Waals surface area (Å²) < 4.78 is 0. The summed E-state index contributed by atoms with van der Waals surface area (Å²) >= 11 is 0. The van der Waals surface area contributed by atoms with Crippen molar-refractivity contribution in [2.75, 3.05) is 6.54 Å². The number of hydrogen-bond donors (Lipinski definition) is 0. The summed E-state index contributed by atoms with van der Waals surface area (Å²) in [5.74, 6) is 1.21. The fourth-order valence-electron chi connectivity index (χ4n) is 1.70. The zero-order valence-electron chi connectivity index (χ0n) is 9.23. The fraction of sp³-hybridized carbons (Fsp3) is 0.900. The largest absolute Gasteiger partial charge is 0.300 e. The van der Waals surface area contributed by atoms with Crippen molar-refractivity contribution in [3.63, 3.8) is 0 Å². The smallest absolute Gasteiger partial charge is 0.130 e. The molecule has 0 aromatic rings. The van der Waals surface area contributed by atoms with Crippen LogP contribution in [0.4, 0.5) is 0 Å². The van der Waals surface area contributed by atoms with Gasteiger partial charge in [0, 0.05) is 17.9 Å². The van der Waals surface area contributed by atoms with Gasteiger partial charge in [-0.3, -0.25) is 0 Å². The van der Waals surface area contributed by atoms with Crippen molar-refractivity contribution in [3.8, 4) is 0 Å². The van der Waals surface area contributed by atoms with Crippen LogP contribution in [0, 0.1) is 11.8 Å². The van der Waals surface area contributed by atoms with Crippen LogP contribution >= 0.6 is 0 Å². The molecule has 0 fully saturated rings. The molecule has 0 aliphatic carbocycles. The highest BCUT2D eigenvalue weighted by atomic mass is 16.1. The highest BCUT2D eigenvalue weighted by Crippen LogP contribution is 2.18. The second-order valence-corrected chi connectivity index (χ2v) is 4.10.